The van der Waals surface area contributed by atoms with Crippen LogP contribution in [0.1, 0.15) is 0 Å². The molecule has 0 aliphatic carbocycles. The Labute approximate surface area is 85.5 Å². The van der Waals surface area contributed by atoms with Crippen LogP contribution in [0.25, 0.3) is 10.9 Å². The van der Waals surface area contributed by atoms with Crippen molar-refractivity contribution in [2.45, 2.75) is 0 Å². The summed E-state index contributed by atoms with van der Waals surface area (Å²) in [6.45, 7) is 0. The molecule has 1 aromatic heterocycles. The van der Waals surface area contributed by atoms with Gasteiger partial charge < -0.3 is 5.32 Å². The first-order valence-corrected chi connectivity index (χ1v) is 4.41. The van der Waals surface area contributed by atoms with Gasteiger partial charge in [0.25, 0.3) is 0 Å². The van der Waals surface area contributed by atoms with E-state index >= 15 is 0 Å². The molecular weight excluding hydrogens is 202 g/mol. The second-order valence-electron chi connectivity index (χ2n) is 2.96. The highest BCUT2D eigenvalue weighted by Gasteiger charge is 2.04. The largest absolute Gasteiger partial charge is 0.327 e. The summed E-state index contributed by atoms with van der Waals surface area (Å²) in [5.74, 6) is 0. The fourth-order valence-electron chi connectivity index (χ4n) is 1.34. The van der Waals surface area contributed by atoms with Crippen molar-refractivity contribution >= 4 is 34.6 Å². The summed E-state index contributed by atoms with van der Waals surface area (Å²) in [7, 11) is 1.83. The number of benzene rings is 1. The zero-order valence-corrected chi connectivity index (χ0v) is 8.25. The fourth-order valence-corrected chi connectivity index (χ4v) is 1.56. The van der Waals surface area contributed by atoms with Crippen molar-refractivity contribution in [3.63, 3.8) is 0 Å². The number of nitrogens with one attached hydrogen (secondary N) is 1. The first kappa shape index (κ1) is 9.02. The zero-order chi connectivity index (χ0) is 10.1. The number of hydrogen-bond donors (Lipinski definition) is 1. The van der Waals surface area contributed by atoms with Gasteiger partial charge in [-0.1, -0.05) is 11.6 Å². The third kappa shape index (κ3) is 1.44. The predicted octanol–water partition coefficient (Wildman–Crippen LogP) is 1.79. The van der Waals surface area contributed by atoms with Crippen LogP contribution in [0.5, 0.6) is 0 Å². The number of aryl methyl sites for hydroxylation is 1. The lowest BCUT2D eigenvalue weighted by Gasteiger charge is -2.00. The van der Waals surface area contributed by atoms with E-state index in [9.17, 15) is 4.79 Å². The molecule has 0 unspecified atom stereocenters. The number of amides is 1. The maximum Gasteiger partial charge on any atom is 0.211 e. The van der Waals surface area contributed by atoms with E-state index in [2.05, 4.69) is 10.4 Å². The second-order valence-corrected chi connectivity index (χ2v) is 3.36. The second kappa shape index (κ2) is 3.31. The Balaban J connectivity index is 2.63. The molecule has 0 spiro atoms. The molecule has 1 aromatic carbocycles. The Hall–Kier alpha value is -1.55. The van der Waals surface area contributed by atoms with Crippen LogP contribution in [0.4, 0.5) is 5.69 Å². The first-order chi connectivity index (χ1) is 6.70. The van der Waals surface area contributed by atoms with Crippen molar-refractivity contribution in [3.05, 3.63) is 23.4 Å². The van der Waals surface area contributed by atoms with E-state index in [1.807, 2.05) is 13.2 Å². The minimum absolute atomic E-state index is 0.489. The summed E-state index contributed by atoms with van der Waals surface area (Å²) in [4.78, 5) is 10.3. The molecule has 4 nitrogen and oxygen atoms in total. The molecule has 0 atom stereocenters. The maximum atomic E-state index is 10.3. The van der Waals surface area contributed by atoms with E-state index < -0.39 is 0 Å². The van der Waals surface area contributed by atoms with Crippen molar-refractivity contribution in [2.24, 2.45) is 7.05 Å². The van der Waals surface area contributed by atoms with Crippen molar-refractivity contribution in [3.8, 4) is 0 Å². The third-order valence-corrected chi connectivity index (χ3v) is 2.23. The molecule has 72 valence electrons. The third-order valence-electron chi connectivity index (χ3n) is 1.92. The average molecular weight is 210 g/mol. The highest BCUT2D eigenvalue weighted by atomic mass is 35.5. The summed E-state index contributed by atoms with van der Waals surface area (Å²) < 4.78 is 1.70. The molecular formula is C9H8ClN3O. The number of anilines is 1. The molecule has 2 aromatic rings. The van der Waals surface area contributed by atoms with E-state index in [0.717, 1.165) is 10.9 Å². The van der Waals surface area contributed by atoms with E-state index in [0.29, 0.717) is 17.1 Å². The zero-order valence-electron chi connectivity index (χ0n) is 7.49. The van der Waals surface area contributed by atoms with E-state index in [1.54, 1.807) is 16.8 Å². The van der Waals surface area contributed by atoms with Gasteiger partial charge in [0.05, 0.1) is 16.2 Å². The molecule has 0 aliphatic heterocycles. The van der Waals surface area contributed by atoms with Crippen LogP contribution in [0.15, 0.2) is 18.3 Å². The first-order valence-electron chi connectivity index (χ1n) is 4.04. The van der Waals surface area contributed by atoms with Gasteiger partial charge in [-0.2, -0.15) is 5.10 Å². The van der Waals surface area contributed by atoms with Crippen LogP contribution in [0.3, 0.4) is 0 Å². The summed E-state index contributed by atoms with van der Waals surface area (Å²) in [5, 5.41) is 8.15. The van der Waals surface area contributed by atoms with Gasteiger partial charge in [0.1, 0.15) is 0 Å². The summed E-state index contributed by atoms with van der Waals surface area (Å²) in [5.41, 5.74) is 1.41. The number of rotatable bonds is 2. The van der Waals surface area contributed by atoms with Crippen LogP contribution >= 0.6 is 11.6 Å². The standard InChI is InChI=1S/C9H8ClN3O/c1-13-4-6-2-9(11-5-14)7(10)3-8(6)12-13/h2-5H,1H3,(H,11,14). The monoisotopic (exact) mass is 209 g/mol. The number of carbonyl (C=O) groups is 1. The van der Waals surface area contributed by atoms with Gasteiger partial charge >= 0.3 is 0 Å². The van der Waals surface area contributed by atoms with Gasteiger partial charge in [0, 0.05) is 18.6 Å². The minimum Gasteiger partial charge on any atom is -0.327 e. The lowest BCUT2D eigenvalue weighted by molar-refractivity contribution is -0.105. The van der Waals surface area contributed by atoms with Crippen molar-refractivity contribution in [1.82, 2.24) is 9.78 Å². The Morgan fingerprint density at radius 3 is 3.07 bits per heavy atom. The lowest BCUT2D eigenvalue weighted by atomic mass is 10.2. The summed E-state index contributed by atoms with van der Waals surface area (Å²) >= 11 is 5.92. The van der Waals surface area contributed by atoms with Gasteiger partial charge in [0.15, 0.2) is 0 Å². The topological polar surface area (TPSA) is 46.9 Å². The normalized spacial score (nSPS) is 10.4. The van der Waals surface area contributed by atoms with Crippen LogP contribution in [0, 0.1) is 0 Å². The Morgan fingerprint density at radius 1 is 1.57 bits per heavy atom. The van der Waals surface area contributed by atoms with Gasteiger partial charge in [-0.05, 0) is 12.1 Å². The maximum absolute atomic E-state index is 10.3. The Kier molecular flexibility index (Phi) is 2.13. The molecule has 0 fully saturated rings. The van der Waals surface area contributed by atoms with E-state index in [4.69, 9.17) is 11.6 Å². The SMILES string of the molecule is Cn1cc2cc(NC=O)c(Cl)cc2n1. The van der Waals surface area contributed by atoms with Crippen molar-refractivity contribution in [2.75, 3.05) is 5.32 Å². The van der Waals surface area contributed by atoms with Crippen LogP contribution in [-0.4, -0.2) is 16.2 Å². The number of aromatic nitrogens is 2. The quantitative estimate of drug-likeness (QED) is 0.767. The summed E-state index contributed by atoms with van der Waals surface area (Å²) in [6, 6.07) is 3.52. The highest BCUT2D eigenvalue weighted by molar-refractivity contribution is 6.34. The van der Waals surface area contributed by atoms with Crippen LogP contribution in [-0.2, 0) is 11.8 Å². The average Bonchev–Trinajstić information content (AvgIpc) is 2.45. The van der Waals surface area contributed by atoms with Gasteiger partial charge in [-0.15, -0.1) is 0 Å². The Morgan fingerprint density at radius 2 is 2.36 bits per heavy atom. The minimum atomic E-state index is 0.489. The molecule has 1 heterocycles. The molecule has 1 N–H and O–H groups in total. The smallest absolute Gasteiger partial charge is 0.211 e. The van der Waals surface area contributed by atoms with Crippen molar-refractivity contribution in [1.29, 1.82) is 0 Å². The van der Waals surface area contributed by atoms with Crippen LogP contribution < -0.4 is 5.32 Å². The number of fused-ring (bicyclic) bond motifs is 1. The molecule has 1 amide bonds. The van der Waals surface area contributed by atoms with E-state index in [-0.39, 0.29) is 0 Å². The van der Waals surface area contributed by atoms with Crippen molar-refractivity contribution < 1.29 is 4.79 Å². The molecule has 0 saturated heterocycles. The lowest BCUT2D eigenvalue weighted by Crippen LogP contribution is -1.93. The van der Waals surface area contributed by atoms with E-state index in [1.165, 1.54) is 0 Å². The van der Waals surface area contributed by atoms with Crippen LogP contribution in [0.2, 0.25) is 5.02 Å². The molecule has 5 heteroatoms. The predicted molar refractivity (Wildman–Crippen MR) is 55.4 cm³/mol. The molecule has 0 radical (unpaired) electrons. The number of carbonyl (C=O) groups excluding carboxylic acids is 1. The number of nitrogens with zero attached hydrogens (tertiary/aromatic N) is 2. The molecule has 0 saturated carbocycles. The Bertz CT molecular complexity index is 492. The number of hydrogen-bond acceptors (Lipinski definition) is 2. The highest BCUT2D eigenvalue weighted by Crippen LogP contribution is 2.26. The summed E-state index contributed by atoms with van der Waals surface area (Å²) in [6.07, 6.45) is 2.46. The number of halogens is 1. The molecule has 14 heavy (non-hydrogen) atoms. The van der Waals surface area contributed by atoms with Gasteiger partial charge in [-0.3, -0.25) is 9.48 Å². The molecule has 2 rings (SSSR count). The fraction of sp³-hybridized carbons (Fsp3) is 0.111. The van der Waals surface area contributed by atoms with Gasteiger partial charge in [0.2, 0.25) is 6.41 Å². The van der Waals surface area contributed by atoms with Gasteiger partial charge in [-0.25, -0.2) is 0 Å². The molecule has 0 aliphatic rings. The molecule has 0 bridgehead atoms.